The van der Waals surface area contributed by atoms with Gasteiger partial charge in [-0.1, -0.05) is 70.1 Å². The minimum absolute atomic E-state index is 1.09. The Hall–Kier alpha value is -0.780. The van der Waals surface area contributed by atoms with Crippen molar-refractivity contribution in [1.29, 1.82) is 0 Å². The van der Waals surface area contributed by atoms with E-state index in [0.717, 1.165) is 12.0 Å². The zero-order valence-electron chi connectivity index (χ0n) is 10.4. The molecule has 0 aromatic heterocycles. The van der Waals surface area contributed by atoms with Crippen molar-refractivity contribution < 1.29 is 0 Å². The Labute approximate surface area is 90.4 Å². The van der Waals surface area contributed by atoms with E-state index >= 15 is 0 Å². The predicted octanol–water partition coefficient (Wildman–Crippen LogP) is 5.28. The fourth-order valence-electron chi connectivity index (χ4n) is 0.946. The molecule has 0 heterocycles. The van der Waals surface area contributed by atoms with Crippen LogP contribution in [0.4, 0.5) is 0 Å². The molecule has 0 aliphatic heterocycles. The maximum atomic E-state index is 3.97. The quantitative estimate of drug-likeness (QED) is 0.398. The largest absolute Gasteiger partial charge is 0.0961 e. The third kappa shape index (κ3) is 13.8. The monoisotopic (exact) mass is 194 g/mol. The second-order valence-corrected chi connectivity index (χ2v) is 3.30. The van der Waals surface area contributed by atoms with Gasteiger partial charge >= 0.3 is 0 Å². The molecule has 14 heavy (non-hydrogen) atoms. The highest BCUT2D eigenvalue weighted by molar-refractivity contribution is 5.22. The van der Waals surface area contributed by atoms with Gasteiger partial charge in [-0.2, -0.15) is 0 Å². The topological polar surface area (TPSA) is 0 Å². The van der Waals surface area contributed by atoms with E-state index < -0.39 is 0 Å². The minimum Gasteiger partial charge on any atom is -0.0961 e. The van der Waals surface area contributed by atoms with E-state index in [9.17, 15) is 0 Å². The summed E-state index contributed by atoms with van der Waals surface area (Å²) in [5.74, 6) is 0. The van der Waals surface area contributed by atoms with E-state index in [0.29, 0.717) is 0 Å². The second-order valence-electron chi connectivity index (χ2n) is 3.30. The normalized spacial score (nSPS) is 9.43. The van der Waals surface area contributed by atoms with Crippen LogP contribution in [0.25, 0.3) is 0 Å². The van der Waals surface area contributed by atoms with Crippen LogP contribution in [-0.2, 0) is 0 Å². The SMILES string of the molecule is C=C(C)/C=C\C(=C)CCCCC.CC. The summed E-state index contributed by atoms with van der Waals surface area (Å²) in [5, 5.41) is 0. The van der Waals surface area contributed by atoms with Gasteiger partial charge < -0.3 is 0 Å². The molecule has 0 nitrogen and oxygen atoms in total. The number of hydrogen-bond acceptors (Lipinski definition) is 0. The lowest BCUT2D eigenvalue weighted by molar-refractivity contribution is 0.720. The summed E-state index contributed by atoms with van der Waals surface area (Å²) in [6.45, 7) is 16.0. The van der Waals surface area contributed by atoms with E-state index in [1.54, 1.807) is 0 Å². The van der Waals surface area contributed by atoms with Gasteiger partial charge in [-0.3, -0.25) is 0 Å². The molecule has 0 fully saturated rings. The Bertz CT molecular complexity index is 172. The van der Waals surface area contributed by atoms with Crippen LogP contribution in [-0.4, -0.2) is 0 Å². The highest BCUT2D eigenvalue weighted by Gasteiger charge is 1.88. The third-order valence-corrected chi connectivity index (χ3v) is 1.70. The molecule has 0 unspecified atom stereocenters. The molecule has 0 atom stereocenters. The minimum atomic E-state index is 1.09. The number of unbranched alkanes of at least 4 members (excludes halogenated alkanes) is 2. The summed E-state index contributed by atoms with van der Waals surface area (Å²) < 4.78 is 0. The first-order valence-corrected chi connectivity index (χ1v) is 5.68. The van der Waals surface area contributed by atoms with Gasteiger partial charge in [0.15, 0.2) is 0 Å². The van der Waals surface area contributed by atoms with Crippen molar-refractivity contribution in [2.75, 3.05) is 0 Å². The van der Waals surface area contributed by atoms with Crippen LogP contribution in [0.1, 0.15) is 53.4 Å². The highest BCUT2D eigenvalue weighted by Crippen LogP contribution is 2.08. The van der Waals surface area contributed by atoms with Crippen LogP contribution in [0.5, 0.6) is 0 Å². The average molecular weight is 194 g/mol. The Kier molecular flexibility index (Phi) is 13.7. The van der Waals surface area contributed by atoms with Crippen molar-refractivity contribution in [2.45, 2.75) is 53.4 Å². The molecule has 0 amide bonds. The molecule has 0 aromatic rings. The lowest BCUT2D eigenvalue weighted by atomic mass is 10.1. The Balaban J connectivity index is 0. The van der Waals surface area contributed by atoms with Gasteiger partial charge in [0, 0.05) is 0 Å². The molecule has 82 valence electrons. The maximum Gasteiger partial charge on any atom is -0.0285 e. The molecule has 0 rings (SSSR count). The summed E-state index contributed by atoms with van der Waals surface area (Å²) >= 11 is 0. The first-order chi connectivity index (χ1) is 6.66. The highest BCUT2D eigenvalue weighted by atomic mass is 13.9. The van der Waals surface area contributed by atoms with Gasteiger partial charge in [-0.05, 0) is 19.8 Å². The molecule has 0 radical (unpaired) electrons. The zero-order valence-corrected chi connectivity index (χ0v) is 10.4. The molecule has 0 aliphatic rings. The second kappa shape index (κ2) is 12.2. The summed E-state index contributed by atoms with van der Waals surface area (Å²) in [5.41, 5.74) is 2.30. The van der Waals surface area contributed by atoms with Gasteiger partial charge in [0.1, 0.15) is 0 Å². The Morgan fingerprint density at radius 3 is 2.07 bits per heavy atom. The van der Waals surface area contributed by atoms with Crippen molar-refractivity contribution >= 4 is 0 Å². The molecular weight excluding hydrogens is 168 g/mol. The lowest BCUT2D eigenvalue weighted by Crippen LogP contribution is -1.78. The number of rotatable bonds is 6. The van der Waals surface area contributed by atoms with Crippen LogP contribution in [0.15, 0.2) is 36.5 Å². The van der Waals surface area contributed by atoms with Crippen molar-refractivity contribution in [3.8, 4) is 0 Å². The van der Waals surface area contributed by atoms with Gasteiger partial charge in [-0.25, -0.2) is 0 Å². The summed E-state index contributed by atoms with van der Waals surface area (Å²) in [7, 11) is 0. The van der Waals surface area contributed by atoms with Crippen molar-refractivity contribution in [1.82, 2.24) is 0 Å². The first kappa shape index (κ1) is 15.7. The molecule has 0 heteroatoms. The molecule has 0 spiro atoms. The van der Waals surface area contributed by atoms with Crippen molar-refractivity contribution in [3.63, 3.8) is 0 Å². The lowest BCUT2D eigenvalue weighted by Gasteiger charge is -1.98. The van der Waals surface area contributed by atoms with Gasteiger partial charge in [-0.15, -0.1) is 0 Å². The summed E-state index contributed by atoms with van der Waals surface area (Å²) in [4.78, 5) is 0. The maximum absolute atomic E-state index is 3.97. The molecule has 0 aliphatic carbocycles. The van der Waals surface area contributed by atoms with E-state index in [1.807, 2.05) is 26.8 Å². The van der Waals surface area contributed by atoms with Gasteiger partial charge in [0.05, 0.1) is 0 Å². The molecule has 0 aromatic carbocycles. The van der Waals surface area contributed by atoms with E-state index in [1.165, 1.54) is 24.8 Å². The number of hydrogen-bond donors (Lipinski definition) is 0. The number of allylic oxidation sites excluding steroid dienone is 4. The van der Waals surface area contributed by atoms with Crippen LogP contribution < -0.4 is 0 Å². The molecule has 0 saturated carbocycles. The van der Waals surface area contributed by atoms with Crippen LogP contribution in [0.2, 0.25) is 0 Å². The van der Waals surface area contributed by atoms with Crippen LogP contribution >= 0.6 is 0 Å². The smallest absolute Gasteiger partial charge is 0.0285 e. The van der Waals surface area contributed by atoms with Crippen molar-refractivity contribution in [3.05, 3.63) is 36.5 Å². The van der Waals surface area contributed by atoms with Gasteiger partial charge in [0.25, 0.3) is 0 Å². The van der Waals surface area contributed by atoms with Gasteiger partial charge in [0.2, 0.25) is 0 Å². The average Bonchev–Trinajstić information content (AvgIpc) is 2.18. The fourth-order valence-corrected chi connectivity index (χ4v) is 0.946. The third-order valence-electron chi connectivity index (χ3n) is 1.70. The van der Waals surface area contributed by atoms with E-state index in [4.69, 9.17) is 0 Å². The molecule has 0 bridgehead atoms. The summed E-state index contributed by atoms with van der Waals surface area (Å²) in [6, 6.07) is 0. The first-order valence-electron chi connectivity index (χ1n) is 5.68. The molecule has 0 saturated heterocycles. The Morgan fingerprint density at radius 1 is 1.07 bits per heavy atom. The Morgan fingerprint density at radius 2 is 1.64 bits per heavy atom. The predicted molar refractivity (Wildman–Crippen MR) is 68.6 cm³/mol. The van der Waals surface area contributed by atoms with Crippen LogP contribution in [0.3, 0.4) is 0 Å². The summed E-state index contributed by atoms with van der Waals surface area (Å²) in [6.07, 6.45) is 9.05. The zero-order chi connectivity index (χ0) is 11.4. The van der Waals surface area contributed by atoms with Crippen molar-refractivity contribution in [2.24, 2.45) is 0 Å². The molecular formula is C14H26. The fraction of sp³-hybridized carbons (Fsp3) is 0.571. The van der Waals surface area contributed by atoms with E-state index in [2.05, 4.69) is 26.2 Å². The molecule has 0 N–H and O–H groups in total. The standard InChI is InChI=1S/C12H20.C2H6/c1-5-6-7-8-12(4)10-9-11(2)3;1-2/h9-10H,2,4-8H2,1,3H3;1-2H3/b10-9-;. The van der Waals surface area contributed by atoms with E-state index in [-0.39, 0.29) is 0 Å². The van der Waals surface area contributed by atoms with Crippen LogP contribution in [0, 0.1) is 0 Å².